The van der Waals surface area contributed by atoms with E-state index in [0.717, 1.165) is 18.4 Å². The molecule has 0 spiro atoms. The van der Waals surface area contributed by atoms with Crippen LogP contribution in [0.4, 0.5) is 0 Å². The van der Waals surface area contributed by atoms with Crippen LogP contribution in [0, 0.1) is 5.92 Å². The van der Waals surface area contributed by atoms with Gasteiger partial charge in [0.05, 0.1) is 16.5 Å². The van der Waals surface area contributed by atoms with Crippen LogP contribution in [-0.4, -0.2) is 15.5 Å². The van der Waals surface area contributed by atoms with E-state index in [2.05, 4.69) is 20.7 Å². The van der Waals surface area contributed by atoms with E-state index in [0.29, 0.717) is 16.1 Å². The summed E-state index contributed by atoms with van der Waals surface area (Å²) in [6.07, 6.45) is 2.10. The summed E-state index contributed by atoms with van der Waals surface area (Å²) in [5.74, 6) is 0.972. The molecule has 0 aliphatic heterocycles. The maximum Gasteiger partial charge on any atom is 0.241 e. The van der Waals surface area contributed by atoms with E-state index in [1.54, 1.807) is 25.3 Å². The molecular formula is C17H18BrNO3S. The maximum absolute atomic E-state index is 12.7. The molecule has 122 valence electrons. The predicted molar refractivity (Wildman–Crippen MR) is 92.9 cm³/mol. The Morgan fingerprint density at radius 2 is 1.87 bits per heavy atom. The van der Waals surface area contributed by atoms with Crippen LogP contribution in [0.25, 0.3) is 0 Å². The molecule has 0 amide bonds. The number of halogens is 1. The standard InChI is InChI=1S/C17H18BrNO3S/c1-22-16-10-9-14(11-15(16)18)23(20,21)19-17(13-7-8-13)12-5-3-2-4-6-12/h2-6,9-11,13,17,19H,7-8H2,1H3. The summed E-state index contributed by atoms with van der Waals surface area (Å²) in [5, 5.41) is 0. The van der Waals surface area contributed by atoms with Crippen molar-refractivity contribution in [3.8, 4) is 5.75 Å². The van der Waals surface area contributed by atoms with Gasteiger partial charge in [0.1, 0.15) is 5.75 Å². The molecule has 6 heteroatoms. The first-order chi connectivity index (χ1) is 11.0. The van der Waals surface area contributed by atoms with Crippen LogP contribution >= 0.6 is 15.9 Å². The Kier molecular flexibility index (Phi) is 4.75. The number of hydrogen-bond donors (Lipinski definition) is 1. The van der Waals surface area contributed by atoms with Crippen LogP contribution in [-0.2, 0) is 10.0 Å². The SMILES string of the molecule is COc1ccc(S(=O)(=O)NC(c2ccccc2)C2CC2)cc1Br. The monoisotopic (exact) mass is 395 g/mol. The molecule has 0 heterocycles. The van der Waals surface area contributed by atoms with Crippen LogP contribution in [0.1, 0.15) is 24.4 Å². The van der Waals surface area contributed by atoms with Crippen LogP contribution in [0.5, 0.6) is 5.75 Å². The summed E-state index contributed by atoms with van der Waals surface area (Å²) in [6, 6.07) is 14.3. The fourth-order valence-corrected chi connectivity index (χ4v) is 4.59. The van der Waals surface area contributed by atoms with Crippen molar-refractivity contribution in [2.75, 3.05) is 7.11 Å². The van der Waals surface area contributed by atoms with Gasteiger partial charge in [-0.3, -0.25) is 0 Å². The molecule has 4 nitrogen and oxygen atoms in total. The van der Waals surface area contributed by atoms with Gasteiger partial charge >= 0.3 is 0 Å². The molecule has 1 aliphatic carbocycles. The summed E-state index contributed by atoms with van der Waals surface area (Å²) in [7, 11) is -2.05. The topological polar surface area (TPSA) is 55.4 Å². The number of nitrogens with one attached hydrogen (secondary N) is 1. The Morgan fingerprint density at radius 1 is 1.17 bits per heavy atom. The number of methoxy groups -OCH3 is 1. The predicted octanol–water partition coefficient (Wildman–Crippen LogP) is 3.89. The Balaban J connectivity index is 1.88. The lowest BCUT2D eigenvalue weighted by Gasteiger charge is -2.19. The van der Waals surface area contributed by atoms with Gasteiger partial charge in [-0.2, -0.15) is 0 Å². The maximum atomic E-state index is 12.7. The highest BCUT2D eigenvalue weighted by Gasteiger charge is 2.35. The van der Waals surface area contributed by atoms with Gasteiger partial charge in [0, 0.05) is 6.04 Å². The summed E-state index contributed by atoms with van der Waals surface area (Å²) in [6.45, 7) is 0. The minimum Gasteiger partial charge on any atom is -0.496 e. The molecule has 23 heavy (non-hydrogen) atoms. The minimum atomic E-state index is -3.60. The molecule has 2 aromatic carbocycles. The minimum absolute atomic E-state index is 0.179. The quantitative estimate of drug-likeness (QED) is 0.806. The highest BCUT2D eigenvalue weighted by molar-refractivity contribution is 9.10. The molecular weight excluding hydrogens is 378 g/mol. The van der Waals surface area contributed by atoms with Gasteiger partial charge in [-0.05, 0) is 58.5 Å². The summed E-state index contributed by atoms with van der Waals surface area (Å²) in [5.41, 5.74) is 1.01. The highest BCUT2D eigenvalue weighted by atomic mass is 79.9. The average molecular weight is 396 g/mol. The first-order valence-corrected chi connectivity index (χ1v) is 9.69. The van der Waals surface area contributed by atoms with Gasteiger partial charge in [-0.15, -0.1) is 0 Å². The molecule has 0 radical (unpaired) electrons. The van der Waals surface area contributed by atoms with Crippen molar-refractivity contribution in [3.05, 3.63) is 58.6 Å². The Hall–Kier alpha value is -1.37. The second kappa shape index (κ2) is 6.63. The zero-order valence-corrected chi connectivity index (χ0v) is 15.1. The van der Waals surface area contributed by atoms with E-state index in [1.165, 1.54) is 0 Å². The summed E-state index contributed by atoms with van der Waals surface area (Å²) in [4.78, 5) is 0.228. The largest absolute Gasteiger partial charge is 0.496 e. The third-order valence-corrected chi connectivity index (χ3v) is 6.03. The highest BCUT2D eigenvalue weighted by Crippen LogP contribution is 2.41. The van der Waals surface area contributed by atoms with Gasteiger partial charge in [-0.1, -0.05) is 30.3 Å². The van der Waals surface area contributed by atoms with E-state index < -0.39 is 10.0 Å². The molecule has 0 saturated heterocycles. The van der Waals surface area contributed by atoms with Crippen molar-refractivity contribution in [1.82, 2.24) is 4.72 Å². The van der Waals surface area contributed by atoms with Crippen LogP contribution < -0.4 is 9.46 Å². The number of sulfonamides is 1. The molecule has 1 fully saturated rings. The lowest BCUT2D eigenvalue weighted by atomic mass is 10.0. The summed E-state index contributed by atoms with van der Waals surface area (Å²) < 4.78 is 34.1. The molecule has 0 bridgehead atoms. The van der Waals surface area contributed by atoms with E-state index in [4.69, 9.17) is 4.74 Å². The molecule has 2 aromatic rings. The van der Waals surface area contributed by atoms with Crippen molar-refractivity contribution >= 4 is 26.0 Å². The van der Waals surface area contributed by atoms with E-state index in [9.17, 15) is 8.42 Å². The number of hydrogen-bond acceptors (Lipinski definition) is 3. The lowest BCUT2D eigenvalue weighted by Crippen LogP contribution is -2.30. The number of rotatable bonds is 6. The first kappa shape index (κ1) is 16.5. The van der Waals surface area contributed by atoms with Crippen molar-refractivity contribution < 1.29 is 13.2 Å². The Labute approximate surface area is 145 Å². The Bertz CT molecular complexity index is 789. The van der Waals surface area contributed by atoms with E-state index >= 15 is 0 Å². The number of ether oxygens (including phenoxy) is 1. The molecule has 0 aromatic heterocycles. The van der Waals surface area contributed by atoms with Crippen LogP contribution in [0.3, 0.4) is 0 Å². The molecule has 1 unspecified atom stereocenters. The fourth-order valence-electron chi connectivity index (χ4n) is 2.58. The lowest BCUT2D eigenvalue weighted by molar-refractivity contribution is 0.411. The zero-order chi connectivity index (χ0) is 16.4. The van der Waals surface area contributed by atoms with Gasteiger partial charge in [0.2, 0.25) is 10.0 Å². The van der Waals surface area contributed by atoms with Gasteiger partial charge in [0.15, 0.2) is 0 Å². The van der Waals surface area contributed by atoms with Crippen molar-refractivity contribution in [1.29, 1.82) is 0 Å². The Morgan fingerprint density at radius 3 is 2.43 bits per heavy atom. The third kappa shape index (κ3) is 3.76. The normalized spacial score (nSPS) is 16.1. The molecule has 1 saturated carbocycles. The number of benzene rings is 2. The zero-order valence-electron chi connectivity index (χ0n) is 12.7. The van der Waals surface area contributed by atoms with E-state index in [-0.39, 0.29) is 10.9 Å². The van der Waals surface area contributed by atoms with Crippen LogP contribution in [0.2, 0.25) is 0 Å². The molecule has 1 aliphatic rings. The van der Waals surface area contributed by atoms with Gasteiger partial charge in [-0.25, -0.2) is 13.1 Å². The van der Waals surface area contributed by atoms with E-state index in [1.807, 2.05) is 30.3 Å². The molecule has 3 rings (SSSR count). The fraction of sp³-hybridized carbons (Fsp3) is 0.294. The first-order valence-electron chi connectivity index (χ1n) is 7.42. The third-order valence-electron chi connectivity index (χ3n) is 3.97. The van der Waals surface area contributed by atoms with Crippen LogP contribution in [0.15, 0.2) is 57.9 Å². The second-order valence-electron chi connectivity index (χ2n) is 5.64. The smallest absolute Gasteiger partial charge is 0.241 e. The summed E-state index contributed by atoms with van der Waals surface area (Å²) >= 11 is 3.33. The van der Waals surface area contributed by atoms with Gasteiger partial charge in [0.25, 0.3) is 0 Å². The van der Waals surface area contributed by atoms with Crippen molar-refractivity contribution in [2.45, 2.75) is 23.8 Å². The molecule has 1 atom stereocenters. The molecule has 1 N–H and O–H groups in total. The second-order valence-corrected chi connectivity index (χ2v) is 8.21. The average Bonchev–Trinajstić information content (AvgIpc) is 3.38. The van der Waals surface area contributed by atoms with Crippen molar-refractivity contribution in [2.24, 2.45) is 5.92 Å². The van der Waals surface area contributed by atoms with Gasteiger partial charge < -0.3 is 4.74 Å². The van der Waals surface area contributed by atoms with Crippen molar-refractivity contribution in [3.63, 3.8) is 0 Å².